The molecule has 0 bridgehead atoms. The quantitative estimate of drug-likeness (QED) is 0.0331. The Balaban J connectivity index is 0.991. The van der Waals surface area contributed by atoms with Crippen molar-refractivity contribution in [1.29, 1.82) is 5.26 Å². The van der Waals surface area contributed by atoms with E-state index in [1.807, 2.05) is 58.9 Å². The molecule has 6 rings (SSSR count). The number of benzene rings is 3. The second kappa shape index (κ2) is 26.8. The van der Waals surface area contributed by atoms with Crippen molar-refractivity contribution >= 4 is 58.4 Å². The zero-order valence-corrected chi connectivity index (χ0v) is 49.6. The van der Waals surface area contributed by atoms with E-state index in [0.717, 1.165) is 21.7 Å². The number of nitrogens with two attached hydrogens (primary N) is 1. The summed E-state index contributed by atoms with van der Waals surface area (Å²) in [4.78, 5) is 89.2. The number of rotatable bonds is 24. The number of aromatic nitrogens is 1. The normalized spacial score (nSPS) is 19.4. The molecule has 1 saturated heterocycles. The van der Waals surface area contributed by atoms with Gasteiger partial charge < -0.3 is 50.8 Å². The number of ether oxygens (including phenoxy) is 4. The van der Waals surface area contributed by atoms with Crippen LogP contribution in [0.4, 0.5) is 0 Å². The van der Waals surface area contributed by atoms with E-state index in [-0.39, 0.29) is 62.6 Å². The molecular weight excluding hydrogens is 1060 g/mol. The Morgan fingerprint density at radius 2 is 1.55 bits per heavy atom. The average molecular weight is 1140 g/mol. The summed E-state index contributed by atoms with van der Waals surface area (Å²) in [7, 11) is 0. The number of aryl methyl sites for hydroxylation is 1. The summed E-state index contributed by atoms with van der Waals surface area (Å²) in [6.45, 7) is 23.0. The smallest absolute Gasteiger partial charge is 0.329 e. The molecule has 432 valence electrons. The minimum absolute atomic E-state index is 0.0206. The molecule has 20 heteroatoms. The van der Waals surface area contributed by atoms with E-state index in [1.54, 1.807) is 108 Å². The van der Waals surface area contributed by atoms with Gasteiger partial charge in [0.1, 0.15) is 54.5 Å². The van der Waals surface area contributed by atoms with Gasteiger partial charge in [-0.1, -0.05) is 112 Å². The van der Waals surface area contributed by atoms with Crippen molar-refractivity contribution in [3.63, 3.8) is 0 Å². The van der Waals surface area contributed by atoms with Gasteiger partial charge in [0.25, 0.3) is 5.91 Å². The van der Waals surface area contributed by atoms with Crippen molar-refractivity contribution in [2.24, 2.45) is 33.8 Å². The fourth-order valence-corrected chi connectivity index (χ4v) is 11.5. The topological polar surface area (TPSA) is 253 Å². The number of amides is 5. The monoisotopic (exact) mass is 1140 g/mol. The maximum atomic E-state index is 14.7. The van der Waals surface area contributed by atoms with Crippen LogP contribution >= 0.6 is 22.9 Å². The molecule has 1 aliphatic carbocycles. The van der Waals surface area contributed by atoms with Gasteiger partial charge in [0.2, 0.25) is 23.6 Å². The Bertz CT molecular complexity index is 2860. The van der Waals surface area contributed by atoms with Crippen molar-refractivity contribution in [1.82, 2.24) is 31.2 Å². The number of hydrogen-bond acceptors (Lipinski definition) is 14. The lowest BCUT2D eigenvalue weighted by Gasteiger charge is -2.63. The van der Waals surface area contributed by atoms with Crippen molar-refractivity contribution < 1.29 is 47.7 Å². The van der Waals surface area contributed by atoms with Gasteiger partial charge in [0.15, 0.2) is 0 Å². The van der Waals surface area contributed by atoms with Gasteiger partial charge in [-0.3, -0.25) is 24.0 Å². The standard InChI is InChI=1S/C60H79ClN8O10S/c1-34(2)47(63)53(73)67-48(35(3)4)55(75)78-43-28-45(52(72)64-30-37-15-17-38(18-16-37)49-36(5)65-33-80-49)69(31-43)54(74)50(58(6,7)8)66-46(70)32-76-25-13-14-26-77-41-22-19-39(20-23-41)51(71)68-56-59(9,10)57(60(56,11)12)79-42-24-21-40(29-62)44(61)27-42/h15-24,27,33-35,43,45,47-48,50,56-57H,13-14,25-26,28,30-32,63H2,1-12H3,(H,64,72)(H,66,70)(H,67,73)(H,68,71)/t43-,45+,47+,48?,50-,56?,57?/m1/s1. The van der Waals surface area contributed by atoms with Crippen LogP contribution in [0.25, 0.3) is 10.4 Å². The highest BCUT2D eigenvalue weighted by Gasteiger charge is 2.64. The summed E-state index contributed by atoms with van der Waals surface area (Å²) in [5, 5.41) is 21.3. The van der Waals surface area contributed by atoms with Gasteiger partial charge in [-0.2, -0.15) is 5.26 Å². The van der Waals surface area contributed by atoms with Crippen molar-refractivity contribution in [3.05, 3.63) is 99.6 Å². The number of unbranched alkanes of at least 4 members (excludes halogenated alkanes) is 1. The number of carbonyl (C=O) groups excluding carboxylic acids is 6. The van der Waals surface area contributed by atoms with Crippen LogP contribution in [0.1, 0.15) is 123 Å². The number of esters is 1. The Labute approximate surface area is 479 Å². The Hall–Kier alpha value is -6.59. The summed E-state index contributed by atoms with van der Waals surface area (Å²) in [5.74, 6) is -2.35. The summed E-state index contributed by atoms with van der Waals surface area (Å²) < 4.78 is 24.0. The summed E-state index contributed by atoms with van der Waals surface area (Å²) >= 11 is 7.80. The minimum Gasteiger partial charge on any atom is -0.494 e. The molecule has 2 heterocycles. The van der Waals surface area contributed by atoms with Gasteiger partial charge in [-0.25, -0.2) is 9.78 Å². The highest BCUT2D eigenvalue weighted by molar-refractivity contribution is 7.13. The third kappa shape index (κ3) is 15.4. The van der Waals surface area contributed by atoms with Crippen molar-refractivity contribution in [2.75, 3.05) is 26.4 Å². The molecule has 3 aromatic carbocycles. The molecular formula is C60H79ClN8O10S. The van der Waals surface area contributed by atoms with Gasteiger partial charge in [0.05, 0.1) is 45.9 Å². The van der Waals surface area contributed by atoms with E-state index in [9.17, 15) is 34.0 Å². The average Bonchev–Trinajstić information content (AvgIpc) is 4.05. The third-order valence-electron chi connectivity index (χ3n) is 14.9. The molecule has 6 N–H and O–H groups in total. The van der Waals surface area contributed by atoms with Crippen molar-refractivity contribution in [3.8, 4) is 28.0 Å². The van der Waals surface area contributed by atoms with Crippen LogP contribution in [-0.4, -0.2) is 114 Å². The first kappa shape index (κ1) is 62.6. The highest BCUT2D eigenvalue weighted by Crippen LogP contribution is 2.55. The van der Waals surface area contributed by atoms with Crippen LogP contribution in [0, 0.1) is 46.3 Å². The predicted octanol–water partition coefficient (Wildman–Crippen LogP) is 7.92. The molecule has 18 nitrogen and oxygen atoms in total. The number of carbonyl (C=O) groups is 6. The molecule has 0 radical (unpaired) electrons. The van der Waals surface area contributed by atoms with Gasteiger partial charge >= 0.3 is 5.97 Å². The van der Waals surface area contributed by atoms with Crippen LogP contribution in [0.15, 0.2) is 72.2 Å². The first-order valence-corrected chi connectivity index (χ1v) is 28.5. The molecule has 5 amide bonds. The highest BCUT2D eigenvalue weighted by atomic mass is 35.5. The molecule has 0 spiro atoms. The predicted molar refractivity (Wildman–Crippen MR) is 306 cm³/mol. The number of nitrogens with one attached hydrogen (secondary N) is 4. The molecule has 2 aliphatic rings. The Morgan fingerprint density at radius 3 is 2.14 bits per heavy atom. The molecule has 2 fully saturated rings. The second-order valence-electron chi connectivity index (χ2n) is 23.8. The summed E-state index contributed by atoms with van der Waals surface area (Å²) in [6, 6.07) is 17.5. The SMILES string of the molecule is Cc1ncsc1-c1ccc(CNC(=O)[C@@H]2C[C@@H](OC(=O)C(NC(=O)[C@@H](N)C(C)C)C(C)C)CN2C(=O)[C@@H](NC(=O)COCCCCOc2ccc(C(=O)NC3C(C)(C)C(Oc4ccc(C#N)c(Cl)c4)C3(C)C)cc2)C(C)(C)C)cc1. The lowest BCUT2D eigenvalue weighted by Crippen LogP contribution is -2.74. The van der Waals surface area contributed by atoms with E-state index >= 15 is 0 Å². The number of likely N-dealkylation sites (tertiary alicyclic amines) is 1. The van der Waals surface area contributed by atoms with Gasteiger partial charge in [-0.05, 0) is 84.5 Å². The van der Waals surface area contributed by atoms with E-state index < -0.39 is 76.1 Å². The largest absolute Gasteiger partial charge is 0.494 e. The van der Waals surface area contributed by atoms with E-state index in [1.165, 1.54) is 4.90 Å². The lowest BCUT2D eigenvalue weighted by molar-refractivity contribution is -0.164. The van der Waals surface area contributed by atoms with Crippen LogP contribution in [-0.2, 0) is 40.0 Å². The number of hydrogen-bond donors (Lipinski definition) is 5. The molecule has 5 atom stereocenters. The van der Waals surface area contributed by atoms with Crippen LogP contribution in [0.3, 0.4) is 0 Å². The second-order valence-corrected chi connectivity index (χ2v) is 25.0. The summed E-state index contributed by atoms with van der Waals surface area (Å²) in [5.41, 5.74) is 9.82. The molecule has 1 saturated carbocycles. The van der Waals surface area contributed by atoms with E-state index in [0.29, 0.717) is 47.1 Å². The number of nitrogens with zero attached hydrogens (tertiary/aromatic N) is 3. The zero-order chi connectivity index (χ0) is 58.9. The molecule has 1 aliphatic heterocycles. The zero-order valence-electron chi connectivity index (χ0n) is 48.1. The van der Waals surface area contributed by atoms with Crippen LogP contribution in [0.2, 0.25) is 5.02 Å². The van der Waals surface area contributed by atoms with Gasteiger partial charge in [0, 0.05) is 48.1 Å². The summed E-state index contributed by atoms with van der Waals surface area (Å²) in [6.07, 6.45) is 0.00436. The fourth-order valence-electron chi connectivity index (χ4n) is 10.5. The van der Waals surface area contributed by atoms with Crippen molar-refractivity contribution in [2.45, 2.75) is 151 Å². The third-order valence-corrected chi connectivity index (χ3v) is 16.2. The minimum atomic E-state index is -1.09. The lowest BCUT2D eigenvalue weighted by atomic mass is 9.49. The van der Waals surface area contributed by atoms with E-state index in [2.05, 4.69) is 32.3 Å². The van der Waals surface area contributed by atoms with Crippen LogP contribution < -0.4 is 36.5 Å². The maximum absolute atomic E-state index is 14.7. The number of nitriles is 1. The molecule has 1 unspecified atom stereocenters. The molecule has 1 aromatic heterocycles. The molecule has 80 heavy (non-hydrogen) atoms. The Kier molecular flexibility index (Phi) is 21.0. The number of halogens is 1. The first-order valence-electron chi connectivity index (χ1n) is 27.2. The Morgan fingerprint density at radius 1 is 0.900 bits per heavy atom. The maximum Gasteiger partial charge on any atom is 0.329 e. The van der Waals surface area contributed by atoms with E-state index in [4.69, 9.17) is 36.3 Å². The fraction of sp³-hybridized carbons (Fsp3) is 0.533. The first-order chi connectivity index (χ1) is 37.6. The number of thiazole rings is 1. The van der Waals surface area contributed by atoms with Gasteiger partial charge in [-0.15, -0.1) is 11.3 Å². The molecule has 4 aromatic rings. The van der Waals surface area contributed by atoms with Crippen LogP contribution in [0.5, 0.6) is 11.5 Å².